The van der Waals surface area contributed by atoms with Gasteiger partial charge in [0.05, 0.1) is 6.04 Å². The summed E-state index contributed by atoms with van der Waals surface area (Å²) in [5.41, 5.74) is 0.683. The molecule has 1 rings (SSSR count). The van der Waals surface area contributed by atoms with Crippen molar-refractivity contribution < 1.29 is 9.53 Å². The van der Waals surface area contributed by atoms with E-state index in [1.807, 2.05) is 6.92 Å². The molecule has 1 atom stereocenters. The van der Waals surface area contributed by atoms with Gasteiger partial charge in [0.25, 0.3) is 0 Å². The van der Waals surface area contributed by atoms with Gasteiger partial charge in [0, 0.05) is 26.3 Å². The number of methoxy groups -OCH3 is 1. The third-order valence-corrected chi connectivity index (χ3v) is 4.26. The Morgan fingerprint density at radius 3 is 2.33 bits per heavy atom. The Kier molecular flexibility index (Phi) is 6.67. The second-order valence-corrected chi connectivity index (χ2v) is 8.14. The van der Waals surface area contributed by atoms with E-state index in [1.54, 1.807) is 7.11 Å². The van der Waals surface area contributed by atoms with Crippen molar-refractivity contribution in [3.05, 3.63) is 0 Å². The molecule has 0 bridgehead atoms. The maximum atomic E-state index is 12.1. The van der Waals surface area contributed by atoms with E-state index < -0.39 is 0 Å². The van der Waals surface area contributed by atoms with Gasteiger partial charge in [-0.1, -0.05) is 27.7 Å². The summed E-state index contributed by atoms with van der Waals surface area (Å²) in [6, 6.07) is 0.283. The quantitative estimate of drug-likeness (QED) is 0.711. The van der Waals surface area contributed by atoms with Crippen LogP contribution in [0.1, 0.15) is 60.3 Å². The van der Waals surface area contributed by atoms with Crippen molar-refractivity contribution in [3.8, 4) is 0 Å². The lowest BCUT2D eigenvalue weighted by Crippen LogP contribution is -2.51. The molecule has 2 N–H and O–H groups in total. The molecule has 124 valence electrons. The molecule has 0 aliphatic heterocycles. The Morgan fingerprint density at radius 2 is 1.81 bits per heavy atom. The van der Waals surface area contributed by atoms with E-state index in [2.05, 4.69) is 38.3 Å². The first-order valence-electron chi connectivity index (χ1n) is 8.18. The van der Waals surface area contributed by atoms with Gasteiger partial charge in [-0.05, 0) is 43.4 Å². The van der Waals surface area contributed by atoms with E-state index in [0.29, 0.717) is 30.0 Å². The molecule has 1 amide bonds. The van der Waals surface area contributed by atoms with Gasteiger partial charge in [-0.25, -0.2) is 0 Å². The number of nitrogens with one attached hydrogen (secondary N) is 2. The number of rotatable bonds is 7. The number of hydrogen-bond donors (Lipinski definition) is 2. The molecule has 0 aromatic carbocycles. The summed E-state index contributed by atoms with van der Waals surface area (Å²) in [5.74, 6) is 0.0901. The number of ether oxygens (including phenoxy) is 1. The van der Waals surface area contributed by atoms with Crippen LogP contribution in [0.15, 0.2) is 0 Å². The van der Waals surface area contributed by atoms with Crippen molar-refractivity contribution in [1.82, 2.24) is 10.6 Å². The van der Waals surface area contributed by atoms with Crippen molar-refractivity contribution >= 4 is 5.91 Å². The van der Waals surface area contributed by atoms with Crippen molar-refractivity contribution in [2.45, 2.75) is 72.4 Å². The zero-order chi connectivity index (χ0) is 16.1. The van der Waals surface area contributed by atoms with Crippen LogP contribution in [0.25, 0.3) is 0 Å². The molecule has 1 saturated carbocycles. The summed E-state index contributed by atoms with van der Waals surface area (Å²) in [5, 5.41) is 6.49. The minimum atomic E-state index is -0.137. The largest absolute Gasteiger partial charge is 0.385 e. The van der Waals surface area contributed by atoms with Gasteiger partial charge in [0.1, 0.15) is 0 Å². The van der Waals surface area contributed by atoms with Crippen LogP contribution in [-0.4, -0.2) is 38.3 Å². The number of carbonyl (C=O) groups excluding carboxylic acids is 1. The summed E-state index contributed by atoms with van der Waals surface area (Å²) in [4.78, 5) is 12.1. The van der Waals surface area contributed by atoms with Gasteiger partial charge in [0.15, 0.2) is 0 Å². The Labute approximate surface area is 130 Å². The predicted octanol–water partition coefficient (Wildman–Crippen LogP) is 2.72. The first-order chi connectivity index (χ1) is 9.65. The van der Waals surface area contributed by atoms with Gasteiger partial charge in [-0.3, -0.25) is 4.79 Å². The molecule has 4 heteroatoms. The van der Waals surface area contributed by atoms with Gasteiger partial charge in [-0.15, -0.1) is 0 Å². The van der Waals surface area contributed by atoms with E-state index in [9.17, 15) is 4.79 Å². The molecule has 0 heterocycles. The van der Waals surface area contributed by atoms with Crippen LogP contribution in [0, 0.1) is 10.8 Å². The molecule has 4 nitrogen and oxygen atoms in total. The highest BCUT2D eigenvalue weighted by atomic mass is 16.5. The predicted molar refractivity (Wildman–Crippen MR) is 87.3 cm³/mol. The molecule has 0 spiro atoms. The van der Waals surface area contributed by atoms with Gasteiger partial charge in [-0.2, -0.15) is 0 Å². The molecular formula is C17H34N2O2. The third-order valence-electron chi connectivity index (χ3n) is 4.26. The van der Waals surface area contributed by atoms with Crippen molar-refractivity contribution in [3.63, 3.8) is 0 Å². The van der Waals surface area contributed by atoms with Crippen LogP contribution < -0.4 is 10.6 Å². The van der Waals surface area contributed by atoms with Crippen LogP contribution in [0.2, 0.25) is 0 Å². The Bertz CT molecular complexity index is 324. The fourth-order valence-electron chi connectivity index (χ4n) is 3.97. The highest BCUT2D eigenvalue weighted by Gasteiger charge is 2.38. The normalized spacial score (nSPS) is 22.8. The van der Waals surface area contributed by atoms with Crippen LogP contribution in [0.4, 0.5) is 0 Å². The fraction of sp³-hybridized carbons (Fsp3) is 0.941. The molecule has 0 radical (unpaired) electrons. The molecule has 1 aliphatic carbocycles. The van der Waals surface area contributed by atoms with Gasteiger partial charge >= 0.3 is 0 Å². The number of carbonyl (C=O) groups is 1. The van der Waals surface area contributed by atoms with Crippen LogP contribution in [0.3, 0.4) is 0 Å². The molecule has 1 fully saturated rings. The summed E-state index contributed by atoms with van der Waals surface area (Å²) in [6.07, 6.45) is 4.38. The molecule has 0 saturated heterocycles. The monoisotopic (exact) mass is 298 g/mol. The SMILES string of the molecule is COCCCNC(=O)C(C)NC1CC(C)(C)CC(C)(C)C1. The van der Waals surface area contributed by atoms with E-state index in [1.165, 1.54) is 6.42 Å². The Balaban J connectivity index is 2.42. The minimum absolute atomic E-state index is 0.0901. The molecule has 0 aromatic rings. The minimum Gasteiger partial charge on any atom is -0.385 e. The van der Waals surface area contributed by atoms with E-state index in [0.717, 1.165) is 19.3 Å². The lowest BCUT2D eigenvalue weighted by molar-refractivity contribution is -0.123. The van der Waals surface area contributed by atoms with Crippen molar-refractivity contribution in [2.75, 3.05) is 20.3 Å². The van der Waals surface area contributed by atoms with Crippen molar-refractivity contribution in [2.24, 2.45) is 10.8 Å². The standard InChI is InChI=1S/C17H34N2O2/c1-13(15(20)18-8-7-9-21-6)19-14-10-16(2,3)12-17(4,5)11-14/h13-14,19H,7-12H2,1-6H3,(H,18,20). The topological polar surface area (TPSA) is 50.4 Å². The second-order valence-electron chi connectivity index (χ2n) is 8.14. The summed E-state index contributed by atoms with van der Waals surface area (Å²) in [6.45, 7) is 12.7. The van der Waals surface area contributed by atoms with Crippen LogP contribution in [-0.2, 0) is 9.53 Å². The molecule has 0 aromatic heterocycles. The molecule has 1 aliphatic rings. The number of amides is 1. The second kappa shape index (κ2) is 7.59. The first kappa shape index (κ1) is 18.4. The number of hydrogen-bond acceptors (Lipinski definition) is 3. The Hall–Kier alpha value is -0.610. The van der Waals surface area contributed by atoms with Gasteiger partial charge in [0.2, 0.25) is 5.91 Å². The average Bonchev–Trinajstić information content (AvgIpc) is 2.30. The zero-order valence-electron chi connectivity index (χ0n) is 14.7. The molecular weight excluding hydrogens is 264 g/mol. The summed E-state index contributed by atoms with van der Waals surface area (Å²) >= 11 is 0. The third kappa shape index (κ3) is 6.79. The lowest BCUT2D eigenvalue weighted by Gasteiger charge is -2.45. The average molecular weight is 298 g/mol. The fourth-order valence-corrected chi connectivity index (χ4v) is 3.97. The smallest absolute Gasteiger partial charge is 0.236 e. The van der Waals surface area contributed by atoms with E-state index in [4.69, 9.17) is 4.74 Å². The van der Waals surface area contributed by atoms with Crippen LogP contribution >= 0.6 is 0 Å². The summed E-state index contributed by atoms with van der Waals surface area (Å²) in [7, 11) is 1.68. The van der Waals surface area contributed by atoms with Gasteiger partial charge < -0.3 is 15.4 Å². The maximum absolute atomic E-state index is 12.1. The van der Waals surface area contributed by atoms with E-state index in [-0.39, 0.29) is 11.9 Å². The molecule has 1 unspecified atom stereocenters. The maximum Gasteiger partial charge on any atom is 0.236 e. The van der Waals surface area contributed by atoms with Crippen molar-refractivity contribution in [1.29, 1.82) is 0 Å². The molecule has 21 heavy (non-hydrogen) atoms. The lowest BCUT2D eigenvalue weighted by atomic mass is 9.63. The first-order valence-corrected chi connectivity index (χ1v) is 8.18. The highest BCUT2D eigenvalue weighted by molar-refractivity contribution is 5.81. The highest BCUT2D eigenvalue weighted by Crippen LogP contribution is 2.45. The Morgan fingerprint density at radius 1 is 1.24 bits per heavy atom. The van der Waals surface area contributed by atoms with Crippen LogP contribution in [0.5, 0.6) is 0 Å². The zero-order valence-corrected chi connectivity index (χ0v) is 14.7. The summed E-state index contributed by atoms with van der Waals surface area (Å²) < 4.78 is 4.98. The van der Waals surface area contributed by atoms with E-state index >= 15 is 0 Å².